The zero-order chi connectivity index (χ0) is 18.5. The van der Waals surface area contributed by atoms with Crippen LogP contribution in [0.15, 0.2) is 48.5 Å². The van der Waals surface area contributed by atoms with Crippen molar-refractivity contribution in [2.75, 3.05) is 43.4 Å². The van der Waals surface area contributed by atoms with Gasteiger partial charge in [-0.2, -0.15) is 0 Å². The van der Waals surface area contributed by atoms with Crippen molar-refractivity contribution in [3.05, 3.63) is 64.1 Å². The molecule has 0 saturated carbocycles. The molecule has 0 radical (unpaired) electrons. The average Bonchev–Trinajstić information content (AvgIpc) is 2.63. The molecule has 1 heterocycles. The van der Waals surface area contributed by atoms with Crippen molar-refractivity contribution in [2.45, 2.75) is 0 Å². The molecule has 0 aromatic heterocycles. The number of carbonyl (C=O) groups is 1. The molecule has 3 rings (SSSR count). The quantitative estimate of drug-likeness (QED) is 0.787. The standard InChI is InChI=1S/C20H21Cl2N3O/c1-24-11-13-25(14-12-24)16-7-5-15(6-8-16)23-20(26)10-9-17-18(21)3-2-4-19(17)22/h2-10H,11-14H2,1H3,(H,23,26)/b10-9+. The number of hydrogen-bond acceptors (Lipinski definition) is 3. The molecule has 0 spiro atoms. The molecule has 1 amide bonds. The van der Waals surface area contributed by atoms with Crippen LogP contribution in [-0.4, -0.2) is 44.0 Å². The van der Waals surface area contributed by atoms with Crippen LogP contribution in [0.1, 0.15) is 5.56 Å². The van der Waals surface area contributed by atoms with Crippen molar-refractivity contribution in [1.29, 1.82) is 0 Å². The fourth-order valence-electron chi connectivity index (χ4n) is 2.83. The third-order valence-corrected chi connectivity index (χ3v) is 5.06. The van der Waals surface area contributed by atoms with E-state index in [9.17, 15) is 4.79 Å². The van der Waals surface area contributed by atoms with Gasteiger partial charge in [-0.1, -0.05) is 29.3 Å². The van der Waals surface area contributed by atoms with E-state index in [0.29, 0.717) is 15.6 Å². The van der Waals surface area contributed by atoms with Gasteiger partial charge >= 0.3 is 0 Å². The molecule has 26 heavy (non-hydrogen) atoms. The Morgan fingerprint density at radius 3 is 2.23 bits per heavy atom. The Morgan fingerprint density at radius 1 is 1.00 bits per heavy atom. The highest BCUT2D eigenvalue weighted by atomic mass is 35.5. The van der Waals surface area contributed by atoms with E-state index in [1.807, 2.05) is 24.3 Å². The molecule has 0 atom stereocenters. The minimum Gasteiger partial charge on any atom is -0.369 e. The lowest BCUT2D eigenvalue weighted by Gasteiger charge is -2.34. The lowest BCUT2D eigenvalue weighted by atomic mass is 10.2. The fraction of sp³-hybridized carbons (Fsp3) is 0.250. The summed E-state index contributed by atoms with van der Waals surface area (Å²) in [5, 5.41) is 3.87. The van der Waals surface area contributed by atoms with Crippen LogP contribution in [0.2, 0.25) is 10.0 Å². The van der Waals surface area contributed by atoms with Crippen LogP contribution < -0.4 is 10.2 Å². The van der Waals surface area contributed by atoms with Crippen molar-refractivity contribution in [3.63, 3.8) is 0 Å². The molecule has 0 bridgehead atoms. The van der Waals surface area contributed by atoms with Crippen LogP contribution in [-0.2, 0) is 4.79 Å². The first-order valence-electron chi connectivity index (χ1n) is 8.49. The summed E-state index contributed by atoms with van der Waals surface area (Å²) in [4.78, 5) is 16.8. The van der Waals surface area contributed by atoms with Gasteiger partial charge in [-0.15, -0.1) is 0 Å². The molecular weight excluding hydrogens is 369 g/mol. The minimum atomic E-state index is -0.228. The Bertz CT molecular complexity index is 777. The minimum absolute atomic E-state index is 0.228. The van der Waals surface area contributed by atoms with Crippen molar-refractivity contribution in [3.8, 4) is 0 Å². The molecule has 136 valence electrons. The maximum absolute atomic E-state index is 12.1. The fourth-order valence-corrected chi connectivity index (χ4v) is 3.36. The van der Waals surface area contributed by atoms with Gasteiger partial charge in [-0.25, -0.2) is 0 Å². The number of benzene rings is 2. The molecule has 2 aromatic carbocycles. The van der Waals surface area contributed by atoms with E-state index < -0.39 is 0 Å². The van der Waals surface area contributed by atoms with E-state index in [1.54, 1.807) is 24.3 Å². The van der Waals surface area contributed by atoms with Crippen molar-refractivity contribution in [1.82, 2.24) is 4.90 Å². The predicted octanol–water partition coefficient (Wildman–Crippen LogP) is 4.40. The second kappa shape index (κ2) is 8.58. The highest BCUT2D eigenvalue weighted by Gasteiger charge is 2.14. The van der Waals surface area contributed by atoms with E-state index in [-0.39, 0.29) is 5.91 Å². The summed E-state index contributed by atoms with van der Waals surface area (Å²) in [6.07, 6.45) is 3.06. The first kappa shape index (κ1) is 18.8. The van der Waals surface area contributed by atoms with Gasteiger partial charge < -0.3 is 15.1 Å². The highest BCUT2D eigenvalue weighted by molar-refractivity contribution is 6.37. The Hall–Kier alpha value is -2.01. The van der Waals surface area contributed by atoms with Crippen LogP contribution in [0.5, 0.6) is 0 Å². The second-order valence-corrected chi connectivity index (χ2v) is 7.11. The van der Waals surface area contributed by atoms with Crippen molar-refractivity contribution < 1.29 is 4.79 Å². The Labute approximate surface area is 164 Å². The molecule has 6 heteroatoms. The van der Waals surface area contributed by atoms with Gasteiger partial charge in [0, 0.05) is 59.2 Å². The van der Waals surface area contributed by atoms with Gasteiger partial charge in [-0.05, 0) is 49.5 Å². The summed E-state index contributed by atoms with van der Waals surface area (Å²) < 4.78 is 0. The number of hydrogen-bond donors (Lipinski definition) is 1. The summed E-state index contributed by atoms with van der Waals surface area (Å²) in [7, 11) is 2.14. The summed E-state index contributed by atoms with van der Waals surface area (Å²) in [6, 6.07) is 13.2. The van der Waals surface area contributed by atoms with E-state index >= 15 is 0 Å². The number of carbonyl (C=O) groups excluding carboxylic acids is 1. The van der Waals surface area contributed by atoms with Crippen LogP contribution in [0, 0.1) is 0 Å². The molecule has 0 aliphatic carbocycles. The molecule has 1 saturated heterocycles. The number of halogens is 2. The topological polar surface area (TPSA) is 35.6 Å². The summed E-state index contributed by atoms with van der Waals surface area (Å²) in [5.41, 5.74) is 2.56. The number of piperazine rings is 1. The lowest BCUT2D eigenvalue weighted by molar-refractivity contribution is -0.111. The zero-order valence-corrected chi connectivity index (χ0v) is 16.1. The molecule has 4 nitrogen and oxygen atoms in total. The second-order valence-electron chi connectivity index (χ2n) is 6.30. The molecule has 1 N–H and O–H groups in total. The van der Waals surface area contributed by atoms with Crippen molar-refractivity contribution >= 4 is 46.6 Å². The Kier molecular flexibility index (Phi) is 6.20. The predicted molar refractivity (Wildman–Crippen MR) is 110 cm³/mol. The zero-order valence-electron chi connectivity index (χ0n) is 14.6. The van der Waals surface area contributed by atoms with Gasteiger partial charge in [0.2, 0.25) is 5.91 Å². The van der Waals surface area contributed by atoms with Crippen LogP contribution >= 0.6 is 23.2 Å². The summed E-state index contributed by atoms with van der Waals surface area (Å²) in [5.74, 6) is -0.228. The number of likely N-dealkylation sites (N-methyl/N-ethyl adjacent to an activating group) is 1. The highest BCUT2D eigenvalue weighted by Crippen LogP contribution is 2.25. The first-order chi connectivity index (χ1) is 12.5. The lowest BCUT2D eigenvalue weighted by Crippen LogP contribution is -2.44. The van der Waals surface area contributed by atoms with E-state index in [4.69, 9.17) is 23.2 Å². The van der Waals surface area contributed by atoms with Crippen LogP contribution in [0.25, 0.3) is 6.08 Å². The number of nitrogens with one attached hydrogen (secondary N) is 1. The first-order valence-corrected chi connectivity index (χ1v) is 9.25. The molecule has 2 aromatic rings. The Balaban J connectivity index is 1.60. The third-order valence-electron chi connectivity index (χ3n) is 4.40. The van der Waals surface area contributed by atoms with E-state index in [0.717, 1.165) is 31.9 Å². The summed E-state index contributed by atoms with van der Waals surface area (Å²) in [6.45, 7) is 4.16. The summed E-state index contributed by atoms with van der Waals surface area (Å²) >= 11 is 12.2. The van der Waals surface area contributed by atoms with Crippen LogP contribution in [0.3, 0.4) is 0 Å². The molecule has 1 aliphatic heterocycles. The molecule has 1 fully saturated rings. The van der Waals surface area contributed by atoms with Gasteiger partial charge in [0.05, 0.1) is 0 Å². The SMILES string of the molecule is CN1CCN(c2ccc(NC(=O)/C=C/c3c(Cl)cccc3Cl)cc2)CC1. The molecule has 1 aliphatic rings. The van der Waals surface area contributed by atoms with Crippen molar-refractivity contribution in [2.24, 2.45) is 0 Å². The number of amides is 1. The largest absolute Gasteiger partial charge is 0.369 e. The van der Waals surface area contributed by atoms with Gasteiger partial charge in [0.15, 0.2) is 0 Å². The van der Waals surface area contributed by atoms with Gasteiger partial charge in [-0.3, -0.25) is 4.79 Å². The van der Waals surface area contributed by atoms with Gasteiger partial charge in [0.25, 0.3) is 0 Å². The maximum atomic E-state index is 12.1. The third kappa shape index (κ3) is 4.79. The Morgan fingerprint density at radius 2 is 1.62 bits per heavy atom. The number of rotatable bonds is 4. The van der Waals surface area contributed by atoms with Gasteiger partial charge in [0.1, 0.15) is 0 Å². The maximum Gasteiger partial charge on any atom is 0.248 e. The van der Waals surface area contributed by atoms with E-state index in [1.165, 1.54) is 11.8 Å². The number of nitrogens with zero attached hydrogens (tertiary/aromatic N) is 2. The smallest absolute Gasteiger partial charge is 0.248 e. The monoisotopic (exact) mass is 389 g/mol. The average molecular weight is 390 g/mol. The molecule has 0 unspecified atom stereocenters. The van der Waals surface area contributed by atoms with E-state index in [2.05, 4.69) is 22.2 Å². The number of anilines is 2. The molecular formula is C20H21Cl2N3O. The normalized spacial score (nSPS) is 15.4. The van der Waals surface area contributed by atoms with Crippen LogP contribution in [0.4, 0.5) is 11.4 Å².